The van der Waals surface area contributed by atoms with Crippen molar-refractivity contribution in [2.45, 2.75) is 18.4 Å². The Balaban J connectivity index is 1.34. The lowest BCUT2D eigenvalue weighted by atomic mass is 9.79. The Morgan fingerprint density at radius 2 is 2.03 bits per heavy atom. The smallest absolute Gasteiger partial charge is 0.251 e. The summed E-state index contributed by atoms with van der Waals surface area (Å²) in [7, 11) is 0. The van der Waals surface area contributed by atoms with Gasteiger partial charge in [0.2, 0.25) is 0 Å². The number of benzene rings is 1. The molecule has 1 aromatic carbocycles. The Bertz CT molecular complexity index is 1070. The second-order valence-corrected chi connectivity index (χ2v) is 7.70. The van der Waals surface area contributed by atoms with Crippen LogP contribution >= 0.6 is 0 Å². The Morgan fingerprint density at radius 1 is 1.17 bits per heavy atom. The number of H-pyrrole nitrogens is 1. The zero-order valence-electron chi connectivity index (χ0n) is 15.8. The van der Waals surface area contributed by atoms with Crippen molar-refractivity contribution >= 4 is 5.91 Å². The first-order valence-corrected chi connectivity index (χ1v) is 9.87. The van der Waals surface area contributed by atoms with Crippen LogP contribution in [0.3, 0.4) is 0 Å². The van der Waals surface area contributed by atoms with Crippen LogP contribution < -0.4 is 16.2 Å². The number of rotatable bonds is 4. The molecule has 0 saturated carbocycles. The first-order valence-electron chi connectivity index (χ1n) is 9.87. The van der Waals surface area contributed by atoms with Gasteiger partial charge in [-0.15, -0.1) is 0 Å². The second-order valence-electron chi connectivity index (χ2n) is 7.70. The van der Waals surface area contributed by atoms with Gasteiger partial charge in [0.25, 0.3) is 11.5 Å². The zero-order valence-corrected chi connectivity index (χ0v) is 15.8. The number of hydrogen-bond donors (Lipinski definition) is 3. The molecule has 0 unspecified atom stereocenters. The lowest BCUT2D eigenvalue weighted by molar-refractivity contribution is 0.0932. The minimum atomic E-state index is -0.148. The van der Waals surface area contributed by atoms with E-state index in [-0.39, 0.29) is 17.5 Å². The van der Waals surface area contributed by atoms with Crippen LogP contribution in [0.15, 0.2) is 53.6 Å². The van der Waals surface area contributed by atoms with Gasteiger partial charge in [-0.05, 0) is 30.5 Å². The largest absolute Gasteiger partial charge is 0.350 e. The number of hydrogen-bond acceptors (Lipinski definition) is 5. The highest BCUT2D eigenvalue weighted by molar-refractivity contribution is 5.94. The maximum atomic E-state index is 12.7. The second kappa shape index (κ2) is 7.29. The molecule has 1 fully saturated rings. The predicted molar refractivity (Wildman–Crippen MR) is 108 cm³/mol. The highest BCUT2D eigenvalue weighted by Crippen LogP contribution is 2.38. The van der Waals surface area contributed by atoms with Gasteiger partial charge < -0.3 is 15.2 Å². The monoisotopic (exact) mass is 390 g/mol. The topological polar surface area (TPSA) is 105 Å². The van der Waals surface area contributed by atoms with E-state index in [1.165, 1.54) is 6.33 Å². The standard InChI is InChI=1S/C21H22N6O2/c28-19-3-1-2-17-15-8-16(10-22-9-15)18(27(17)19)11-23-21(29)14-6-4-13(5-7-14)20-24-12-25-26-20/h1-7,12,15-16,18,22H,8-11H2,(H,23,29)(H,24,25,26)/t15-,16+,18+/m1/s1. The summed E-state index contributed by atoms with van der Waals surface area (Å²) in [5.74, 6) is 1.20. The van der Waals surface area contributed by atoms with E-state index in [4.69, 9.17) is 0 Å². The molecular formula is C21H22N6O2. The normalized spacial score (nSPS) is 22.7. The maximum Gasteiger partial charge on any atom is 0.251 e. The van der Waals surface area contributed by atoms with E-state index in [0.29, 0.717) is 29.8 Å². The summed E-state index contributed by atoms with van der Waals surface area (Å²) in [5, 5.41) is 13.2. The maximum absolute atomic E-state index is 12.7. The number of aromatic nitrogens is 4. The van der Waals surface area contributed by atoms with Crippen molar-refractivity contribution in [2.75, 3.05) is 19.6 Å². The van der Waals surface area contributed by atoms with Crippen molar-refractivity contribution in [2.24, 2.45) is 5.92 Å². The highest BCUT2D eigenvalue weighted by atomic mass is 16.1. The molecular weight excluding hydrogens is 368 g/mol. The van der Waals surface area contributed by atoms with Crippen LogP contribution in [0.4, 0.5) is 0 Å². The molecule has 1 saturated heterocycles. The van der Waals surface area contributed by atoms with Crippen molar-refractivity contribution in [1.29, 1.82) is 0 Å². The van der Waals surface area contributed by atoms with Crippen LogP contribution in [-0.4, -0.2) is 45.3 Å². The number of piperidine rings is 1. The molecule has 1 amide bonds. The molecule has 148 valence electrons. The van der Waals surface area contributed by atoms with E-state index >= 15 is 0 Å². The number of carbonyl (C=O) groups excluding carboxylic acids is 1. The molecule has 8 heteroatoms. The molecule has 0 aliphatic carbocycles. The third-order valence-corrected chi connectivity index (χ3v) is 6.01. The summed E-state index contributed by atoms with van der Waals surface area (Å²) in [6, 6.07) is 12.6. The van der Waals surface area contributed by atoms with Crippen LogP contribution in [0.5, 0.6) is 0 Å². The van der Waals surface area contributed by atoms with E-state index in [1.807, 2.05) is 28.8 Å². The van der Waals surface area contributed by atoms with Gasteiger partial charge in [0.15, 0.2) is 5.82 Å². The Hall–Kier alpha value is -3.26. The summed E-state index contributed by atoms with van der Waals surface area (Å²) in [6.07, 6.45) is 2.49. The van der Waals surface area contributed by atoms with Gasteiger partial charge in [-0.3, -0.25) is 14.7 Å². The fourth-order valence-electron chi connectivity index (χ4n) is 4.59. The third kappa shape index (κ3) is 3.25. The summed E-state index contributed by atoms with van der Waals surface area (Å²) < 4.78 is 1.90. The van der Waals surface area contributed by atoms with Crippen molar-refractivity contribution < 1.29 is 4.79 Å². The van der Waals surface area contributed by atoms with Gasteiger partial charge in [-0.2, -0.15) is 5.10 Å². The number of pyridine rings is 1. The van der Waals surface area contributed by atoms with Crippen LogP contribution in [0, 0.1) is 5.92 Å². The van der Waals surface area contributed by atoms with Gasteiger partial charge in [0.1, 0.15) is 6.33 Å². The molecule has 3 atom stereocenters. The number of carbonyl (C=O) groups is 1. The van der Waals surface area contributed by atoms with Gasteiger partial charge in [-0.25, -0.2) is 4.98 Å². The van der Waals surface area contributed by atoms with Crippen molar-refractivity contribution in [3.8, 4) is 11.4 Å². The summed E-state index contributed by atoms with van der Waals surface area (Å²) in [6.45, 7) is 2.19. The molecule has 2 bridgehead atoms. The molecule has 0 radical (unpaired) electrons. The molecule has 29 heavy (non-hydrogen) atoms. The quantitative estimate of drug-likeness (QED) is 0.623. The van der Waals surface area contributed by atoms with E-state index in [2.05, 4.69) is 25.8 Å². The number of fused-ring (bicyclic) bond motifs is 4. The zero-order chi connectivity index (χ0) is 19.8. The summed E-state index contributed by atoms with van der Waals surface area (Å²) in [5.41, 5.74) is 2.52. The Morgan fingerprint density at radius 3 is 2.83 bits per heavy atom. The van der Waals surface area contributed by atoms with Gasteiger partial charge >= 0.3 is 0 Å². The van der Waals surface area contributed by atoms with E-state index in [0.717, 1.165) is 30.8 Å². The van der Waals surface area contributed by atoms with Crippen LogP contribution in [-0.2, 0) is 0 Å². The average Bonchev–Trinajstić information content (AvgIpc) is 3.29. The average molecular weight is 390 g/mol. The van der Waals surface area contributed by atoms with Crippen LogP contribution in [0.2, 0.25) is 0 Å². The van der Waals surface area contributed by atoms with Crippen molar-refractivity contribution in [3.05, 3.63) is 70.4 Å². The molecule has 0 spiro atoms. The van der Waals surface area contributed by atoms with Gasteiger partial charge in [-0.1, -0.05) is 18.2 Å². The summed E-state index contributed by atoms with van der Waals surface area (Å²) >= 11 is 0. The van der Waals surface area contributed by atoms with E-state index in [1.54, 1.807) is 18.2 Å². The van der Waals surface area contributed by atoms with E-state index in [9.17, 15) is 9.59 Å². The summed E-state index contributed by atoms with van der Waals surface area (Å²) in [4.78, 5) is 29.4. The fourth-order valence-corrected chi connectivity index (χ4v) is 4.59. The lowest BCUT2D eigenvalue weighted by Crippen LogP contribution is -2.50. The first-order chi connectivity index (χ1) is 14.2. The van der Waals surface area contributed by atoms with Crippen molar-refractivity contribution in [1.82, 2.24) is 30.4 Å². The molecule has 4 heterocycles. The number of nitrogens with one attached hydrogen (secondary N) is 3. The molecule has 8 nitrogen and oxygen atoms in total. The fraction of sp³-hybridized carbons (Fsp3) is 0.333. The lowest BCUT2D eigenvalue weighted by Gasteiger charge is -2.43. The number of nitrogens with zero attached hydrogens (tertiary/aromatic N) is 3. The molecule has 2 aliphatic heterocycles. The van der Waals surface area contributed by atoms with Crippen LogP contribution in [0.1, 0.15) is 34.4 Å². The molecule has 5 rings (SSSR count). The minimum absolute atomic E-state index is 0.00904. The molecule has 3 aromatic rings. The SMILES string of the molecule is O=C(NC[C@H]1[C@@H]2CNC[C@@H](C2)c2cccc(=O)n21)c1ccc(-c2ncn[nH]2)cc1. The van der Waals surface area contributed by atoms with E-state index < -0.39 is 0 Å². The van der Waals surface area contributed by atoms with Gasteiger partial charge in [0.05, 0.1) is 6.04 Å². The highest BCUT2D eigenvalue weighted by Gasteiger charge is 2.37. The van der Waals surface area contributed by atoms with Gasteiger partial charge in [0, 0.05) is 48.4 Å². The first kappa shape index (κ1) is 17.8. The molecule has 3 N–H and O–H groups in total. The minimum Gasteiger partial charge on any atom is -0.350 e. The molecule has 2 aliphatic rings. The predicted octanol–water partition coefficient (Wildman–Crippen LogP) is 1.31. The third-order valence-electron chi connectivity index (χ3n) is 6.01. The number of amides is 1. The number of aromatic amines is 1. The Labute approximate surface area is 167 Å². The van der Waals surface area contributed by atoms with Crippen LogP contribution in [0.25, 0.3) is 11.4 Å². The Kier molecular flexibility index (Phi) is 4.48. The molecule has 2 aromatic heterocycles. The van der Waals surface area contributed by atoms with Crippen molar-refractivity contribution in [3.63, 3.8) is 0 Å².